The molecule has 96 valence electrons. The van der Waals surface area contributed by atoms with Gasteiger partial charge < -0.3 is 10.5 Å². The summed E-state index contributed by atoms with van der Waals surface area (Å²) in [5.41, 5.74) is 5.59. The van der Waals surface area contributed by atoms with E-state index in [1.165, 1.54) is 23.3 Å². The largest absolute Gasteiger partial charge is 0.464 e. The van der Waals surface area contributed by atoms with Gasteiger partial charge in [0.25, 0.3) is 0 Å². The Kier molecular flexibility index (Phi) is 4.26. The van der Waals surface area contributed by atoms with Crippen molar-refractivity contribution in [2.24, 2.45) is 0 Å². The Morgan fingerprint density at radius 3 is 2.72 bits per heavy atom. The second kappa shape index (κ2) is 5.91. The molecule has 18 heavy (non-hydrogen) atoms. The predicted molar refractivity (Wildman–Crippen MR) is 68.8 cm³/mol. The normalized spacial score (nSPS) is 10.6. The number of nitrogens with two attached hydrogens (primary N) is 1. The summed E-state index contributed by atoms with van der Waals surface area (Å²) in [4.78, 5) is 16.3. The van der Waals surface area contributed by atoms with Crippen LogP contribution in [0.1, 0.15) is 19.7 Å². The highest BCUT2D eigenvalue weighted by molar-refractivity contribution is 8.00. The van der Waals surface area contributed by atoms with Gasteiger partial charge in [-0.15, -0.1) is 0 Å². The lowest BCUT2D eigenvalue weighted by molar-refractivity contribution is 0.308. The van der Waals surface area contributed by atoms with Gasteiger partial charge in [-0.3, -0.25) is 0 Å². The quantitative estimate of drug-likeness (QED) is 0.879. The highest BCUT2D eigenvalue weighted by Gasteiger charge is 2.10. The van der Waals surface area contributed by atoms with Crippen LogP contribution >= 0.6 is 23.3 Å². The van der Waals surface area contributed by atoms with Crippen LogP contribution in [0.3, 0.4) is 0 Å². The van der Waals surface area contributed by atoms with Crippen molar-refractivity contribution in [2.45, 2.75) is 29.8 Å². The van der Waals surface area contributed by atoms with Crippen LogP contribution in [0.5, 0.6) is 6.01 Å². The molecule has 0 aliphatic carbocycles. The lowest BCUT2D eigenvalue weighted by atomic mass is 10.5. The van der Waals surface area contributed by atoms with E-state index in [0.717, 1.165) is 16.6 Å². The molecule has 0 bridgehead atoms. The van der Waals surface area contributed by atoms with Gasteiger partial charge in [-0.25, -0.2) is 4.98 Å². The minimum atomic E-state index is 0.135. The van der Waals surface area contributed by atoms with Gasteiger partial charge >= 0.3 is 6.01 Å². The van der Waals surface area contributed by atoms with Gasteiger partial charge in [0.15, 0.2) is 4.34 Å². The van der Waals surface area contributed by atoms with Gasteiger partial charge in [0.05, 0.1) is 6.61 Å². The number of aromatic nitrogens is 5. The van der Waals surface area contributed by atoms with Crippen LogP contribution in [0.25, 0.3) is 0 Å². The molecule has 0 aliphatic heterocycles. The number of nitrogen functional groups attached to an aromatic ring is 1. The molecule has 0 atom stereocenters. The van der Waals surface area contributed by atoms with Crippen molar-refractivity contribution < 1.29 is 4.74 Å². The second-order valence-electron chi connectivity index (χ2n) is 3.12. The third kappa shape index (κ3) is 3.26. The summed E-state index contributed by atoms with van der Waals surface area (Å²) in [6.45, 7) is 4.34. The first kappa shape index (κ1) is 13.0. The van der Waals surface area contributed by atoms with E-state index in [-0.39, 0.29) is 12.0 Å². The van der Waals surface area contributed by atoms with Crippen molar-refractivity contribution in [1.29, 1.82) is 0 Å². The Balaban J connectivity index is 2.17. The molecule has 2 heterocycles. The molecule has 0 unspecified atom stereocenters. The molecule has 0 saturated carbocycles. The first-order chi connectivity index (χ1) is 8.71. The monoisotopic (exact) mass is 284 g/mol. The molecule has 0 fully saturated rings. The van der Waals surface area contributed by atoms with Crippen molar-refractivity contribution in [3.8, 4) is 6.01 Å². The smallest absolute Gasteiger partial charge is 0.322 e. The van der Waals surface area contributed by atoms with E-state index in [1.807, 2.05) is 13.8 Å². The Hall–Kier alpha value is -1.48. The van der Waals surface area contributed by atoms with E-state index in [9.17, 15) is 0 Å². The molecule has 9 heteroatoms. The van der Waals surface area contributed by atoms with Crippen LogP contribution < -0.4 is 10.5 Å². The maximum Gasteiger partial charge on any atom is 0.322 e. The van der Waals surface area contributed by atoms with Crippen LogP contribution in [0.2, 0.25) is 0 Å². The first-order valence-electron chi connectivity index (χ1n) is 5.36. The van der Waals surface area contributed by atoms with Crippen LogP contribution in [0.15, 0.2) is 9.50 Å². The third-order valence-corrected chi connectivity index (χ3v) is 3.48. The fourth-order valence-electron chi connectivity index (χ4n) is 1.09. The maximum atomic E-state index is 5.59. The molecule has 2 N–H and O–H groups in total. The van der Waals surface area contributed by atoms with Crippen molar-refractivity contribution in [2.75, 3.05) is 12.3 Å². The zero-order valence-corrected chi connectivity index (χ0v) is 11.6. The number of aryl methyl sites for hydroxylation is 1. The summed E-state index contributed by atoms with van der Waals surface area (Å²) >= 11 is 2.61. The fraction of sp³-hybridized carbons (Fsp3) is 0.444. The first-order valence-corrected chi connectivity index (χ1v) is 6.95. The van der Waals surface area contributed by atoms with Crippen LogP contribution in [-0.2, 0) is 6.42 Å². The van der Waals surface area contributed by atoms with Gasteiger partial charge in [0.2, 0.25) is 11.1 Å². The number of anilines is 1. The molecule has 0 radical (unpaired) electrons. The van der Waals surface area contributed by atoms with Crippen LogP contribution in [0, 0.1) is 0 Å². The summed E-state index contributed by atoms with van der Waals surface area (Å²) in [6, 6.07) is 0.229. The van der Waals surface area contributed by atoms with E-state index < -0.39 is 0 Å². The Morgan fingerprint density at radius 2 is 2.06 bits per heavy atom. The molecule has 0 spiro atoms. The number of nitrogens with zero attached hydrogens (tertiary/aromatic N) is 5. The zero-order chi connectivity index (χ0) is 13.0. The molecule has 2 aromatic heterocycles. The number of ether oxygens (including phenoxy) is 1. The van der Waals surface area contributed by atoms with Gasteiger partial charge in [-0.05, 0) is 30.2 Å². The van der Waals surface area contributed by atoms with Crippen LogP contribution in [0.4, 0.5) is 5.95 Å². The highest BCUT2D eigenvalue weighted by atomic mass is 32.2. The third-order valence-electron chi connectivity index (χ3n) is 1.83. The topological polar surface area (TPSA) is 99.7 Å². The second-order valence-corrected chi connectivity index (χ2v) is 5.09. The van der Waals surface area contributed by atoms with Gasteiger partial charge in [0, 0.05) is 6.42 Å². The summed E-state index contributed by atoms with van der Waals surface area (Å²) in [7, 11) is 0. The fourth-order valence-corrected chi connectivity index (χ4v) is 2.65. The molecule has 2 aromatic rings. The Morgan fingerprint density at radius 1 is 1.22 bits per heavy atom. The van der Waals surface area contributed by atoms with E-state index in [1.54, 1.807) is 0 Å². The molecule has 7 nitrogen and oxygen atoms in total. The maximum absolute atomic E-state index is 5.59. The minimum Gasteiger partial charge on any atom is -0.464 e. The van der Waals surface area contributed by atoms with Gasteiger partial charge in [0.1, 0.15) is 5.82 Å². The average Bonchev–Trinajstić information content (AvgIpc) is 2.76. The standard InChI is InChI=1S/C9H12N6OS2/c1-3-5-11-9(18-15-5)17-8-13-6(10)12-7(14-8)16-4-2/h3-4H2,1-2H3,(H2,10,12,13,14). The van der Waals surface area contributed by atoms with Gasteiger partial charge in [-0.1, -0.05) is 6.92 Å². The van der Waals surface area contributed by atoms with Crippen LogP contribution in [-0.4, -0.2) is 30.9 Å². The van der Waals surface area contributed by atoms with E-state index >= 15 is 0 Å². The van der Waals surface area contributed by atoms with E-state index in [2.05, 4.69) is 24.3 Å². The zero-order valence-electron chi connectivity index (χ0n) is 9.95. The van der Waals surface area contributed by atoms with Crippen molar-refractivity contribution in [1.82, 2.24) is 24.3 Å². The Labute approximate surface area is 112 Å². The molecular weight excluding hydrogens is 272 g/mol. The SMILES string of the molecule is CCOc1nc(N)nc(Sc2nc(CC)ns2)n1. The minimum absolute atomic E-state index is 0.135. The summed E-state index contributed by atoms with van der Waals surface area (Å²) < 4.78 is 10.2. The lowest BCUT2D eigenvalue weighted by Crippen LogP contribution is -2.04. The molecule has 0 amide bonds. The Bertz CT molecular complexity index is 532. The number of rotatable bonds is 5. The van der Waals surface area contributed by atoms with Crippen molar-refractivity contribution in [3.05, 3.63) is 5.82 Å². The average molecular weight is 284 g/mol. The molecular formula is C9H12N6OS2. The molecule has 0 saturated heterocycles. The van der Waals surface area contributed by atoms with E-state index in [0.29, 0.717) is 11.8 Å². The molecule has 0 aromatic carbocycles. The van der Waals surface area contributed by atoms with Crippen molar-refractivity contribution >= 4 is 29.2 Å². The van der Waals surface area contributed by atoms with Gasteiger partial charge in [-0.2, -0.15) is 19.3 Å². The summed E-state index contributed by atoms with van der Waals surface area (Å²) in [5, 5.41) is 0.463. The lowest BCUT2D eigenvalue weighted by Gasteiger charge is -2.02. The molecule has 2 rings (SSSR count). The van der Waals surface area contributed by atoms with E-state index in [4.69, 9.17) is 10.5 Å². The summed E-state index contributed by atoms with van der Waals surface area (Å²) in [6.07, 6.45) is 0.806. The highest BCUT2D eigenvalue weighted by Crippen LogP contribution is 2.27. The number of hydrogen-bond donors (Lipinski definition) is 1. The molecule has 0 aliphatic rings. The predicted octanol–water partition coefficient (Wildman–Crippen LogP) is 1.42. The number of hydrogen-bond acceptors (Lipinski definition) is 9. The summed E-state index contributed by atoms with van der Waals surface area (Å²) in [5.74, 6) is 0.950. The van der Waals surface area contributed by atoms with Crippen molar-refractivity contribution in [3.63, 3.8) is 0 Å².